The third kappa shape index (κ3) is 4.80. The van der Waals surface area contributed by atoms with Gasteiger partial charge in [0.1, 0.15) is 5.92 Å². The fourth-order valence-corrected chi connectivity index (χ4v) is 3.14. The maximum absolute atomic E-state index is 12.6. The van der Waals surface area contributed by atoms with Gasteiger partial charge in [0.15, 0.2) is 0 Å². The van der Waals surface area contributed by atoms with Gasteiger partial charge in [-0.1, -0.05) is 54.6 Å². The van der Waals surface area contributed by atoms with Crippen LogP contribution in [0.15, 0.2) is 84.7 Å². The van der Waals surface area contributed by atoms with E-state index in [0.29, 0.717) is 18.7 Å². The Morgan fingerprint density at radius 2 is 1.82 bits per heavy atom. The molecule has 1 aliphatic rings. The third-order valence-corrected chi connectivity index (χ3v) is 4.48. The maximum atomic E-state index is 12.6. The second-order valence-electron chi connectivity index (χ2n) is 6.46. The van der Waals surface area contributed by atoms with Crippen LogP contribution in [0.3, 0.4) is 0 Å². The van der Waals surface area contributed by atoms with Crippen molar-refractivity contribution in [2.24, 2.45) is 5.92 Å². The second-order valence-corrected chi connectivity index (χ2v) is 6.46. The molecular formula is C23H23N3O2. The number of ether oxygens (including phenoxy) is 1. The molecule has 0 bridgehead atoms. The lowest BCUT2D eigenvalue weighted by Crippen LogP contribution is -2.35. The van der Waals surface area contributed by atoms with Gasteiger partial charge in [-0.05, 0) is 24.6 Å². The lowest BCUT2D eigenvalue weighted by atomic mass is 9.94. The Morgan fingerprint density at radius 1 is 1.14 bits per heavy atom. The molecule has 0 radical (unpaired) electrons. The van der Waals surface area contributed by atoms with Gasteiger partial charge in [-0.25, -0.2) is 0 Å². The summed E-state index contributed by atoms with van der Waals surface area (Å²) in [7, 11) is 0. The Kier molecular flexibility index (Phi) is 6.48. The highest BCUT2D eigenvalue weighted by atomic mass is 16.5. The van der Waals surface area contributed by atoms with Gasteiger partial charge < -0.3 is 15.0 Å². The molecule has 2 atom stereocenters. The van der Waals surface area contributed by atoms with Crippen molar-refractivity contribution in [1.29, 1.82) is 5.26 Å². The number of benzene rings is 2. The van der Waals surface area contributed by atoms with E-state index in [1.807, 2.05) is 77.8 Å². The van der Waals surface area contributed by atoms with Gasteiger partial charge in [-0.15, -0.1) is 0 Å². The molecule has 5 heteroatoms. The third-order valence-electron chi connectivity index (χ3n) is 4.48. The van der Waals surface area contributed by atoms with Crippen molar-refractivity contribution < 1.29 is 9.53 Å². The minimum Gasteiger partial charge on any atom is -0.465 e. The molecule has 2 aromatic carbocycles. The van der Waals surface area contributed by atoms with Crippen LogP contribution in [0.4, 0.5) is 5.69 Å². The number of nitriles is 1. The molecule has 3 rings (SSSR count). The predicted molar refractivity (Wildman–Crippen MR) is 109 cm³/mol. The fraction of sp³-hybridized carbons (Fsp3) is 0.217. The Hall–Kier alpha value is -3.52. The number of anilines is 1. The second kappa shape index (κ2) is 9.43. The normalized spacial score (nSPS) is 18.6. The fourth-order valence-electron chi connectivity index (χ4n) is 3.14. The van der Waals surface area contributed by atoms with E-state index in [-0.39, 0.29) is 5.97 Å². The van der Waals surface area contributed by atoms with E-state index in [9.17, 15) is 10.1 Å². The molecule has 1 N–H and O–H groups in total. The van der Waals surface area contributed by atoms with Crippen molar-refractivity contribution in [2.75, 3.05) is 11.9 Å². The Morgan fingerprint density at radius 3 is 2.46 bits per heavy atom. The minimum atomic E-state index is -0.605. The van der Waals surface area contributed by atoms with Crippen molar-refractivity contribution in [3.63, 3.8) is 0 Å². The quantitative estimate of drug-likeness (QED) is 0.773. The van der Waals surface area contributed by atoms with Crippen LogP contribution >= 0.6 is 0 Å². The van der Waals surface area contributed by atoms with Gasteiger partial charge in [-0.2, -0.15) is 5.26 Å². The largest absolute Gasteiger partial charge is 0.465 e. The zero-order valence-corrected chi connectivity index (χ0v) is 15.8. The molecule has 0 aromatic heterocycles. The molecule has 5 nitrogen and oxygen atoms in total. The van der Waals surface area contributed by atoms with Crippen LogP contribution in [0.1, 0.15) is 12.5 Å². The molecule has 0 saturated heterocycles. The highest BCUT2D eigenvalue weighted by Gasteiger charge is 2.32. The van der Waals surface area contributed by atoms with Crippen LogP contribution < -0.4 is 5.32 Å². The number of nitrogens with zero attached hydrogens (tertiary/aromatic N) is 2. The van der Waals surface area contributed by atoms with E-state index >= 15 is 0 Å². The predicted octanol–water partition coefficient (Wildman–Crippen LogP) is 4.08. The first kappa shape index (κ1) is 19.2. The molecular weight excluding hydrogens is 350 g/mol. The van der Waals surface area contributed by atoms with Crippen molar-refractivity contribution in [2.45, 2.75) is 19.5 Å². The summed E-state index contributed by atoms with van der Waals surface area (Å²) in [6.45, 7) is 2.68. The van der Waals surface area contributed by atoms with Crippen LogP contribution in [0, 0.1) is 17.2 Å². The van der Waals surface area contributed by atoms with Crippen LogP contribution in [0.25, 0.3) is 0 Å². The summed E-state index contributed by atoms with van der Waals surface area (Å²) < 4.78 is 5.27. The van der Waals surface area contributed by atoms with Crippen LogP contribution in [-0.2, 0) is 16.1 Å². The number of carbonyl (C=O) groups excluding carboxylic acids is 1. The van der Waals surface area contributed by atoms with Crippen molar-refractivity contribution in [1.82, 2.24) is 4.90 Å². The van der Waals surface area contributed by atoms with Crippen molar-refractivity contribution in [3.8, 4) is 6.07 Å². The lowest BCUT2D eigenvalue weighted by molar-refractivity contribution is -0.146. The standard InChI is InChI=1S/C23H23N3O2/c1-2-28-23(27)21-13-14-26(16-18-9-5-3-6-10-18)17-19(15-24)22(21)25-20-11-7-4-8-12-20/h3-14,17,21-22,25H,2,16H2,1H3/t21-,22+/m0/s1. The monoisotopic (exact) mass is 373 g/mol. The van der Waals surface area contributed by atoms with Crippen LogP contribution in [0.2, 0.25) is 0 Å². The van der Waals surface area contributed by atoms with E-state index < -0.39 is 12.0 Å². The van der Waals surface area contributed by atoms with Gasteiger partial charge in [0.2, 0.25) is 0 Å². The van der Waals surface area contributed by atoms with Gasteiger partial charge in [0, 0.05) is 24.6 Å². The topological polar surface area (TPSA) is 65.4 Å². The van der Waals surface area contributed by atoms with Crippen LogP contribution in [0.5, 0.6) is 0 Å². The molecule has 1 aliphatic heterocycles. The van der Waals surface area contributed by atoms with Crippen molar-refractivity contribution in [3.05, 3.63) is 90.3 Å². The Bertz CT molecular complexity index is 885. The zero-order valence-electron chi connectivity index (χ0n) is 15.8. The van der Waals surface area contributed by atoms with Gasteiger partial charge in [0.05, 0.1) is 24.3 Å². The molecule has 1 heterocycles. The van der Waals surface area contributed by atoms with Gasteiger partial charge in [-0.3, -0.25) is 4.79 Å². The molecule has 2 aromatic rings. The number of hydrogen-bond donors (Lipinski definition) is 1. The average Bonchev–Trinajstić information content (AvgIpc) is 2.89. The lowest BCUT2D eigenvalue weighted by Gasteiger charge is -2.24. The van der Waals surface area contributed by atoms with E-state index in [1.165, 1.54) is 0 Å². The first-order chi connectivity index (χ1) is 13.7. The Labute approximate surface area is 165 Å². The van der Waals surface area contributed by atoms with Gasteiger partial charge in [0.25, 0.3) is 0 Å². The number of nitrogens with one attached hydrogen (secondary N) is 1. The molecule has 0 aliphatic carbocycles. The zero-order chi connectivity index (χ0) is 19.8. The smallest absolute Gasteiger partial charge is 0.315 e. The highest BCUT2D eigenvalue weighted by molar-refractivity contribution is 5.77. The van der Waals surface area contributed by atoms with E-state index in [4.69, 9.17) is 4.74 Å². The maximum Gasteiger partial charge on any atom is 0.315 e. The average molecular weight is 373 g/mol. The first-order valence-electron chi connectivity index (χ1n) is 9.29. The SMILES string of the molecule is CCOC(=O)[C@H]1C=CN(Cc2ccccc2)C=C(C#N)[C@H]1Nc1ccccc1. The molecule has 142 valence electrons. The molecule has 0 saturated carbocycles. The summed E-state index contributed by atoms with van der Waals surface area (Å²) in [6, 6.07) is 21.3. The summed E-state index contributed by atoms with van der Waals surface area (Å²) in [5.41, 5.74) is 2.43. The van der Waals surface area contributed by atoms with E-state index in [0.717, 1.165) is 11.3 Å². The first-order valence-corrected chi connectivity index (χ1v) is 9.29. The summed E-state index contributed by atoms with van der Waals surface area (Å²) in [6.07, 6.45) is 5.45. The van der Waals surface area contributed by atoms with Gasteiger partial charge >= 0.3 is 5.97 Å². The number of rotatable bonds is 6. The summed E-state index contributed by atoms with van der Waals surface area (Å²) in [5, 5.41) is 13.1. The number of esters is 1. The molecule has 0 spiro atoms. The molecule has 0 amide bonds. The number of hydrogen-bond acceptors (Lipinski definition) is 5. The van der Waals surface area contributed by atoms with Crippen LogP contribution in [-0.4, -0.2) is 23.5 Å². The molecule has 28 heavy (non-hydrogen) atoms. The molecule has 0 unspecified atom stereocenters. The molecule has 0 fully saturated rings. The van der Waals surface area contributed by atoms with Crippen molar-refractivity contribution >= 4 is 11.7 Å². The highest BCUT2D eigenvalue weighted by Crippen LogP contribution is 2.25. The Balaban J connectivity index is 1.93. The number of carbonyl (C=O) groups is 1. The minimum absolute atomic E-state index is 0.292. The summed E-state index contributed by atoms with van der Waals surface area (Å²) in [4.78, 5) is 14.5. The summed E-state index contributed by atoms with van der Waals surface area (Å²) in [5.74, 6) is -0.957. The summed E-state index contributed by atoms with van der Waals surface area (Å²) >= 11 is 0. The van der Waals surface area contributed by atoms with E-state index in [1.54, 1.807) is 13.1 Å². The van der Waals surface area contributed by atoms with E-state index in [2.05, 4.69) is 11.4 Å². The number of para-hydroxylation sites is 1.